The molecule has 1 aromatic carbocycles. The van der Waals surface area contributed by atoms with Gasteiger partial charge >= 0.3 is 0 Å². The van der Waals surface area contributed by atoms with E-state index in [4.69, 9.17) is 0 Å². The summed E-state index contributed by atoms with van der Waals surface area (Å²) >= 11 is 0. The quantitative estimate of drug-likeness (QED) is 0.405. The van der Waals surface area contributed by atoms with E-state index >= 15 is 0 Å². The average Bonchev–Trinajstić information content (AvgIpc) is 2.27. The molecular formula is C17H41P3RhSi+3. The molecule has 0 aliphatic carbocycles. The van der Waals surface area contributed by atoms with Crippen molar-refractivity contribution in [1.82, 2.24) is 0 Å². The average molecular weight is 469 g/mol. The van der Waals surface area contributed by atoms with Crippen LogP contribution in [-0.4, -0.2) is 68.8 Å². The van der Waals surface area contributed by atoms with Crippen LogP contribution in [0, 0.1) is 0 Å². The summed E-state index contributed by atoms with van der Waals surface area (Å²) in [7, 11) is 0.149. The fraction of sp³-hybridized carbons (Fsp3) is 0.647. The number of benzene rings is 1. The van der Waals surface area contributed by atoms with E-state index in [2.05, 4.69) is 103 Å². The van der Waals surface area contributed by atoms with E-state index in [1.54, 1.807) is 0 Å². The zero-order valence-corrected chi connectivity index (χ0v) is 22.4. The summed E-state index contributed by atoms with van der Waals surface area (Å²) in [6.07, 6.45) is 0. The van der Waals surface area contributed by atoms with Gasteiger partial charge in [0.2, 0.25) is 0 Å². The van der Waals surface area contributed by atoms with Crippen LogP contribution < -0.4 is 5.19 Å². The van der Waals surface area contributed by atoms with Gasteiger partial charge in [-0.05, 0) is 23.8 Å². The Hall–Kier alpha value is 1.35. The summed E-state index contributed by atoms with van der Waals surface area (Å²) in [5, 5.41) is 1.52. The predicted molar refractivity (Wildman–Crippen MR) is 122 cm³/mol. The Morgan fingerprint density at radius 2 is 0.818 bits per heavy atom. The second-order valence-electron chi connectivity index (χ2n) is 6.87. The fourth-order valence-electron chi connectivity index (χ4n) is 0.771. The Morgan fingerprint density at radius 3 is 0.955 bits per heavy atom. The van der Waals surface area contributed by atoms with Gasteiger partial charge in [-0.2, -0.15) is 0 Å². The molecule has 0 nitrogen and oxygen atoms in total. The summed E-state index contributed by atoms with van der Waals surface area (Å²) < 4.78 is 0. The SMILES string of the molecule is C[PH+](C)C.C[PH+](C)C.C[PH+](C)C.C[Si](C)c1ccccc1.[Rh]. The molecule has 0 aliphatic heterocycles. The fourth-order valence-corrected chi connectivity index (χ4v) is 1.63. The van der Waals surface area contributed by atoms with E-state index in [9.17, 15) is 0 Å². The van der Waals surface area contributed by atoms with Gasteiger partial charge in [0, 0.05) is 79.5 Å². The smallest absolute Gasteiger partial charge is 0.0671 e. The summed E-state index contributed by atoms with van der Waals surface area (Å²) in [5.41, 5.74) is 0. The van der Waals surface area contributed by atoms with Gasteiger partial charge in [-0.15, -0.1) is 0 Å². The van der Waals surface area contributed by atoms with Crippen LogP contribution in [0.3, 0.4) is 0 Å². The zero-order chi connectivity index (χ0) is 17.4. The Balaban J connectivity index is -0.000000107. The Labute approximate surface area is 160 Å². The summed E-state index contributed by atoms with van der Waals surface area (Å²) in [6, 6.07) is 10.7. The molecule has 0 fully saturated rings. The molecule has 0 saturated carbocycles. The van der Waals surface area contributed by atoms with Crippen molar-refractivity contribution in [2.45, 2.75) is 13.1 Å². The molecule has 2 radical (unpaired) electrons. The standard InChI is InChI=1S/C8H11Si.3C3H9P.Rh/c1-9(2)8-6-4-3-5-7-8;3*1-4(2)3;/h3-7H,1-2H3;3*1-3H3;/p+3. The molecule has 0 aromatic heterocycles. The molecule has 0 atom stereocenters. The van der Waals surface area contributed by atoms with Crippen molar-refractivity contribution in [1.29, 1.82) is 0 Å². The second kappa shape index (κ2) is 22.4. The zero-order valence-electron chi connectivity index (χ0n) is 16.7. The van der Waals surface area contributed by atoms with E-state index < -0.39 is 0 Å². The van der Waals surface area contributed by atoms with Crippen LogP contribution in [0.15, 0.2) is 30.3 Å². The van der Waals surface area contributed by atoms with Crippen molar-refractivity contribution < 1.29 is 19.5 Å². The van der Waals surface area contributed by atoms with E-state index in [1.165, 1.54) is 5.19 Å². The largest absolute Gasteiger partial charge is 0.0791 e. The molecule has 0 N–H and O–H groups in total. The maximum atomic E-state index is 2.31. The normalized spacial score (nSPS) is 9.05. The Morgan fingerprint density at radius 1 is 0.591 bits per heavy atom. The minimum absolute atomic E-state index is 0. The first-order valence-corrected chi connectivity index (χ1v) is 19.2. The summed E-state index contributed by atoms with van der Waals surface area (Å²) in [4.78, 5) is 0. The van der Waals surface area contributed by atoms with Crippen molar-refractivity contribution in [2.24, 2.45) is 0 Å². The summed E-state index contributed by atoms with van der Waals surface area (Å²) in [6.45, 7) is 25.0. The third-order valence-electron chi connectivity index (χ3n) is 1.35. The molecular weight excluding hydrogens is 428 g/mol. The molecule has 0 amide bonds. The van der Waals surface area contributed by atoms with Gasteiger partial charge in [-0.25, -0.2) is 0 Å². The third-order valence-corrected chi connectivity index (χ3v) is 2.84. The van der Waals surface area contributed by atoms with Crippen LogP contribution in [0.25, 0.3) is 0 Å². The molecule has 22 heavy (non-hydrogen) atoms. The maximum absolute atomic E-state index is 2.31. The molecule has 0 bridgehead atoms. The van der Waals surface area contributed by atoms with Crippen LogP contribution in [0.2, 0.25) is 13.1 Å². The number of hydrogen-bond donors (Lipinski definition) is 0. The molecule has 0 heterocycles. The first-order valence-electron chi connectivity index (χ1n) is 7.66. The van der Waals surface area contributed by atoms with Crippen molar-refractivity contribution in [2.75, 3.05) is 60.0 Å². The topological polar surface area (TPSA) is 0 Å². The van der Waals surface area contributed by atoms with Gasteiger partial charge in [-0.3, -0.25) is 0 Å². The molecule has 0 saturated heterocycles. The van der Waals surface area contributed by atoms with E-state index in [0.29, 0.717) is 0 Å². The summed E-state index contributed by atoms with van der Waals surface area (Å²) in [5.74, 6) is 0. The second-order valence-corrected chi connectivity index (χ2v) is 18.4. The molecule has 1 rings (SSSR count). The van der Waals surface area contributed by atoms with E-state index in [0.717, 1.165) is 0 Å². The van der Waals surface area contributed by atoms with Crippen LogP contribution in [0.1, 0.15) is 0 Å². The maximum Gasteiger partial charge on any atom is 0.0791 e. The monoisotopic (exact) mass is 469 g/mol. The van der Waals surface area contributed by atoms with Crippen LogP contribution in [0.5, 0.6) is 0 Å². The first kappa shape index (κ1) is 31.2. The molecule has 1 aromatic rings. The molecule has 0 aliphatic rings. The van der Waals surface area contributed by atoms with Gasteiger partial charge in [0.25, 0.3) is 0 Å². The molecule has 134 valence electrons. The third kappa shape index (κ3) is 49.6. The Kier molecular flexibility index (Phi) is 31.6. The van der Waals surface area contributed by atoms with Crippen LogP contribution in [0.4, 0.5) is 0 Å². The molecule has 0 spiro atoms. The van der Waals surface area contributed by atoms with E-state index in [1.807, 2.05) is 0 Å². The van der Waals surface area contributed by atoms with Crippen LogP contribution >= 0.6 is 23.8 Å². The van der Waals surface area contributed by atoms with Gasteiger partial charge in [0.05, 0.1) is 8.80 Å². The van der Waals surface area contributed by atoms with Crippen molar-refractivity contribution in [3.63, 3.8) is 0 Å². The van der Waals surface area contributed by atoms with Gasteiger partial charge in [0.15, 0.2) is 0 Å². The van der Waals surface area contributed by atoms with Crippen molar-refractivity contribution >= 4 is 37.7 Å². The van der Waals surface area contributed by atoms with Crippen LogP contribution in [-0.2, 0) is 19.5 Å². The van der Waals surface area contributed by atoms with Gasteiger partial charge in [-0.1, -0.05) is 48.6 Å². The Bertz CT molecular complexity index is 269. The minimum atomic E-state index is -0.212. The van der Waals surface area contributed by atoms with Crippen molar-refractivity contribution in [3.05, 3.63) is 30.3 Å². The van der Waals surface area contributed by atoms with Gasteiger partial charge in [0.1, 0.15) is 0 Å². The molecule has 5 heteroatoms. The van der Waals surface area contributed by atoms with Gasteiger partial charge < -0.3 is 0 Å². The van der Waals surface area contributed by atoms with E-state index in [-0.39, 0.29) is 52.0 Å². The van der Waals surface area contributed by atoms with Crippen molar-refractivity contribution in [3.8, 4) is 0 Å². The first-order chi connectivity index (χ1) is 9.50. The molecule has 0 unspecified atom stereocenters. The minimum Gasteiger partial charge on any atom is -0.0671 e. The predicted octanol–water partition coefficient (Wildman–Crippen LogP) is 4.92. The number of rotatable bonds is 1. The number of hydrogen-bond acceptors (Lipinski definition) is 0.